The predicted octanol–water partition coefficient (Wildman–Crippen LogP) is 3.75. The van der Waals surface area contributed by atoms with E-state index in [-0.39, 0.29) is 16.1 Å². The van der Waals surface area contributed by atoms with Crippen molar-refractivity contribution in [2.75, 3.05) is 6.61 Å². The Kier molecular flexibility index (Phi) is 3.45. The van der Waals surface area contributed by atoms with Crippen LogP contribution in [0.15, 0.2) is 40.1 Å². The Morgan fingerprint density at radius 1 is 1.43 bits per heavy atom. The predicted molar refractivity (Wildman–Crippen MR) is 91.1 cm³/mol. The molecule has 0 fully saturated rings. The summed E-state index contributed by atoms with van der Waals surface area (Å²) in [6.45, 7) is 4.72. The average molecular weight is 331 g/mol. The number of thioether (sulfide) groups is 1. The summed E-state index contributed by atoms with van der Waals surface area (Å²) < 4.78 is 11.5. The van der Waals surface area contributed by atoms with Crippen molar-refractivity contribution in [1.82, 2.24) is 0 Å². The van der Waals surface area contributed by atoms with E-state index in [0.29, 0.717) is 31.8 Å². The standard InChI is InChI=1S/C18H21NO3S/c1-17(2)11-22-15(19-17)9-12-8-14(20)10-18-13(5-7-23-18)4-3-6-21-16(12)18/h3,5-7,13H,4,8-11H2,1-2H3. The van der Waals surface area contributed by atoms with E-state index in [1.165, 1.54) is 0 Å². The van der Waals surface area contributed by atoms with Crippen molar-refractivity contribution in [1.29, 1.82) is 0 Å². The van der Waals surface area contributed by atoms with E-state index in [1.54, 1.807) is 18.0 Å². The maximum Gasteiger partial charge on any atom is 0.188 e. The summed E-state index contributed by atoms with van der Waals surface area (Å²) in [5.74, 6) is 2.30. The second-order valence-electron chi connectivity index (χ2n) is 7.28. The highest BCUT2D eigenvalue weighted by Crippen LogP contribution is 2.55. The molecular weight excluding hydrogens is 310 g/mol. The summed E-state index contributed by atoms with van der Waals surface area (Å²) in [7, 11) is 0. The topological polar surface area (TPSA) is 47.9 Å². The van der Waals surface area contributed by atoms with Gasteiger partial charge in [0, 0.05) is 25.2 Å². The largest absolute Gasteiger partial charge is 0.478 e. The van der Waals surface area contributed by atoms with Gasteiger partial charge in [-0.25, -0.2) is 4.99 Å². The van der Waals surface area contributed by atoms with E-state index in [9.17, 15) is 4.79 Å². The summed E-state index contributed by atoms with van der Waals surface area (Å²) in [6, 6.07) is 0. The average Bonchev–Trinajstić information content (AvgIpc) is 2.96. The van der Waals surface area contributed by atoms with Crippen LogP contribution in [-0.2, 0) is 14.3 Å². The summed E-state index contributed by atoms with van der Waals surface area (Å²) in [5.41, 5.74) is 0.860. The van der Waals surface area contributed by atoms with Gasteiger partial charge >= 0.3 is 0 Å². The minimum atomic E-state index is -0.261. The lowest BCUT2D eigenvalue weighted by Crippen LogP contribution is -2.40. The zero-order valence-electron chi connectivity index (χ0n) is 13.5. The molecule has 4 aliphatic rings. The Morgan fingerprint density at radius 3 is 3.09 bits per heavy atom. The van der Waals surface area contributed by atoms with E-state index in [1.807, 2.05) is 0 Å². The number of nitrogens with zero attached hydrogens (tertiary/aromatic N) is 1. The van der Waals surface area contributed by atoms with Crippen LogP contribution in [0.25, 0.3) is 0 Å². The molecule has 2 atom stereocenters. The van der Waals surface area contributed by atoms with E-state index >= 15 is 0 Å². The molecule has 0 bridgehead atoms. The summed E-state index contributed by atoms with van der Waals surface area (Å²) in [5, 5.41) is 2.12. The van der Waals surface area contributed by atoms with Crippen molar-refractivity contribution in [2.45, 2.75) is 49.8 Å². The van der Waals surface area contributed by atoms with Crippen molar-refractivity contribution < 1.29 is 14.3 Å². The molecule has 4 rings (SSSR count). The highest BCUT2D eigenvalue weighted by molar-refractivity contribution is 8.04. The van der Waals surface area contributed by atoms with Crippen LogP contribution in [0.4, 0.5) is 0 Å². The van der Waals surface area contributed by atoms with Crippen molar-refractivity contribution in [2.24, 2.45) is 10.9 Å². The minimum Gasteiger partial charge on any atom is -0.478 e. The van der Waals surface area contributed by atoms with Gasteiger partial charge in [0.2, 0.25) is 0 Å². The molecule has 5 heteroatoms. The highest BCUT2D eigenvalue weighted by Gasteiger charge is 2.51. The zero-order valence-corrected chi connectivity index (χ0v) is 14.3. The first-order valence-corrected chi connectivity index (χ1v) is 8.98. The van der Waals surface area contributed by atoms with Crippen molar-refractivity contribution in [3.05, 3.63) is 35.2 Å². The number of carbonyl (C=O) groups excluding carboxylic acids is 1. The Balaban J connectivity index is 1.73. The van der Waals surface area contributed by atoms with E-state index in [0.717, 1.165) is 23.7 Å². The number of ketones is 1. The van der Waals surface area contributed by atoms with E-state index in [4.69, 9.17) is 9.47 Å². The van der Waals surface area contributed by atoms with Gasteiger partial charge in [0.15, 0.2) is 5.90 Å². The second-order valence-corrected chi connectivity index (χ2v) is 8.51. The molecule has 0 saturated heterocycles. The fourth-order valence-corrected chi connectivity index (χ4v) is 5.20. The first-order chi connectivity index (χ1) is 11.0. The van der Waals surface area contributed by atoms with Gasteiger partial charge in [0.25, 0.3) is 0 Å². The van der Waals surface area contributed by atoms with Crippen molar-refractivity contribution >= 4 is 23.4 Å². The first kappa shape index (κ1) is 15.1. The molecule has 0 amide bonds. The first-order valence-electron chi connectivity index (χ1n) is 8.10. The molecule has 0 aromatic heterocycles. The number of aliphatic imine (C=N–C) groups is 1. The summed E-state index contributed by atoms with van der Waals surface area (Å²) in [6.07, 6.45) is 8.54. The fourth-order valence-electron chi connectivity index (χ4n) is 3.79. The Bertz CT molecular complexity index is 674. The molecular formula is C18H21NO3S. The molecule has 3 heterocycles. The SMILES string of the molecule is CC1(C)COC(CC2=C3OC=CCC4C=CSC34CC(=O)C2)=N1. The number of rotatable bonds is 2. The minimum absolute atomic E-state index is 0.173. The molecule has 0 aromatic carbocycles. The molecule has 23 heavy (non-hydrogen) atoms. The van der Waals surface area contributed by atoms with Crippen LogP contribution in [0.2, 0.25) is 0 Å². The van der Waals surface area contributed by atoms with Crippen LogP contribution in [-0.4, -0.2) is 28.6 Å². The highest BCUT2D eigenvalue weighted by atomic mass is 32.2. The third-order valence-corrected chi connectivity index (χ3v) is 6.17. The van der Waals surface area contributed by atoms with Gasteiger partial charge in [0.1, 0.15) is 18.1 Å². The zero-order chi connectivity index (χ0) is 16.1. The lowest BCUT2D eigenvalue weighted by molar-refractivity contribution is -0.119. The normalized spacial score (nSPS) is 34.4. The van der Waals surface area contributed by atoms with Crippen molar-refractivity contribution in [3.8, 4) is 0 Å². The number of Topliss-reactive ketones (excluding diaryl/α,β-unsaturated/α-hetero) is 1. The van der Waals surface area contributed by atoms with Gasteiger partial charge in [-0.05, 0) is 37.3 Å². The third-order valence-electron chi connectivity index (χ3n) is 4.82. The van der Waals surface area contributed by atoms with E-state index < -0.39 is 0 Å². The molecule has 122 valence electrons. The molecule has 3 aliphatic heterocycles. The van der Waals surface area contributed by atoms with Gasteiger partial charge in [0.05, 0.1) is 16.5 Å². The maximum absolute atomic E-state index is 12.4. The van der Waals surface area contributed by atoms with Gasteiger partial charge < -0.3 is 9.47 Å². The lowest BCUT2D eigenvalue weighted by atomic mass is 9.77. The number of carbonyl (C=O) groups is 1. The Hall–Kier alpha value is -1.49. The number of allylic oxidation sites excluding steroid dienone is 2. The number of hydrogen-bond acceptors (Lipinski definition) is 5. The van der Waals surface area contributed by atoms with Crippen molar-refractivity contribution in [3.63, 3.8) is 0 Å². The van der Waals surface area contributed by atoms with Crippen LogP contribution >= 0.6 is 11.8 Å². The molecule has 4 nitrogen and oxygen atoms in total. The fraction of sp³-hybridized carbons (Fsp3) is 0.556. The molecule has 1 spiro atoms. The molecule has 1 aliphatic carbocycles. The molecule has 0 radical (unpaired) electrons. The lowest BCUT2D eigenvalue weighted by Gasteiger charge is -2.38. The van der Waals surface area contributed by atoms with Crippen LogP contribution in [0.1, 0.15) is 39.5 Å². The maximum atomic E-state index is 12.4. The third kappa shape index (κ3) is 2.55. The number of ether oxygens (including phenoxy) is 2. The Labute approximate surface area is 140 Å². The van der Waals surface area contributed by atoms with Crippen LogP contribution < -0.4 is 0 Å². The van der Waals surface area contributed by atoms with Crippen LogP contribution in [0.5, 0.6) is 0 Å². The van der Waals surface area contributed by atoms with Gasteiger partial charge in [-0.2, -0.15) is 0 Å². The quantitative estimate of drug-likeness (QED) is 0.773. The van der Waals surface area contributed by atoms with Gasteiger partial charge in [-0.1, -0.05) is 6.08 Å². The summed E-state index contributed by atoms with van der Waals surface area (Å²) in [4.78, 5) is 17.1. The van der Waals surface area contributed by atoms with Gasteiger partial charge in [-0.15, -0.1) is 11.8 Å². The Morgan fingerprint density at radius 2 is 2.30 bits per heavy atom. The van der Waals surface area contributed by atoms with E-state index in [2.05, 4.69) is 36.4 Å². The summed E-state index contributed by atoms with van der Waals surface area (Å²) >= 11 is 1.73. The second kappa shape index (κ2) is 5.26. The monoisotopic (exact) mass is 331 g/mol. The van der Waals surface area contributed by atoms with Crippen LogP contribution in [0.3, 0.4) is 0 Å². The molecule has 0 saturated carbocycles. The molecule has 0 aromatic rings. The number of hydrogen-bond donors (Lipinski definition) is 0. The van der Waals surface area contributed by atoms with Gasteiger partial charge in [-0.3, -0.25) is 4.79 Å². The smallest absolute Gasteiger partial charge is 0.188 e. The molecule has 0 N–H and O–H groups in total. The molecule has 2 unspecified atom stereocenters. The van der Waals surface area contributed by atoms with Crippen LogP contribution in [0, 0.1) is 5.92 Å².